The minimum absolute atomic E-state index is 0.236. The van der Waals surface area contributed by atoms with Gasteiger partial charge < -0.3 is 19.5 Å². The van der Waals surface area contributed by atoms with E-state index in [4.69, 9.17) is 14.2 Å². The maximum absolute atomic E-state index is 12.4. The van der Waals surface area contributed by atoms with Crippen LogP contribution < -0.4 is 23.8 Å². The summed E-state index contributed by atoms with van der Waals surface area (Å²) in [5.41, 5.74) is 0.380. The Morgan fingerprint density at radius 2 is 1.45 bits per heavy atom. The molecule has 1 amide bonds. The molecule has 0 aromatic heterocycles. The smallest absolute Gasteiger partial charge is 0.241 e. The molecule has 158 valence electrons. The lowest BCUT2D eigenvalue weighted by Crippen LogP contribution is -2.44. The highest BCUT2D eigenvalue weighted by Gasteiger charge is 2.21. The lowest BCUT2D eigenvalue weighted by Gasteiger charge is -2.23. The number of methoxy groups -OCH3 is 2. The van der Waals surface area contributed by atoms with Crippen LogP contribution in [0.15, 0.2) is 48.5 Å². The van der Waals surface area contributed by atoms with Gasteiger partial charge >= 0.3 is 0 Å². The zero-order valence-electron chi connectivity index (χ0n) is 16.9. The molecule has 0 bridgehead atoms. The lowest BCUT2D eigenvalue weighted by atomic mass is 10.3. The number of benzene rings is 2. The summed E-state index contributed by atoms with van der Waals surface area (Å²) >= 11 is 0. The second-order valence-electron chi connectivity index (χ2n) is 6.42. The number of rotatable bonds is 10. The van der Waals surface area contributed by atoms with E-state index in [1.54, 1.807) is 62.6 Å². The van der Waals surface area contributed by atoms with E-state index in [1.165, 1.54) is 7.11 Å². The Morgan fingerprint density at radius 3 is 1.93 bits per heavy atom. The van der Waals surface area contributed by atoms with Gasteiger partial charge in [0, 0.05) is 0 Å². The molecule has 0 radical (unpaired) electrons. The zero-order valence-corrected chi connectivity index (χ0v) is 17.7. The first-order valence-electron chi connectivity index (χ1n) is 8.91. The van der Waals surface area contributed by atoms with Gasteiger partial charge in [-0.25, -0.2) is 8.42 Å². The van der Waals surface area contributed by atoms with Gasteiger partial charge in [-0.15, -0.1) is 0 Å². The molecule has 1 atom stereocenters. The number of carbonyl (C=O) groups excluding carboxylic acids is 1. The average molecular weight is 423 g/mol. The highest BCUT2D eigenvalue weighted by atomic mass is 32.2. The van der Waals surface area contributed by atoms with Gasteiger partial charge in [-0.3, -0.25) is 9.10 Å². The summed E-state index contributed by atoms with van der Waals surface area (Å²) in [5, 5.41) is 2.75. The molecule has 0 aliphatic rings. The summed E-state index contributed by atoms with van der Waals surface area (Å²) in [5.74, 6) is 1.52. The summed E-state index contributed by atoms with van der Waals surface area (Å²) in [7, 11) is -0.539. The van der Waals surface area contributed by atoms with Crippen molar-refractivity contribution in [2.75, 3.05) is 37.9 Å². The molecule has 0 heterocycles. The van der Waals surface area contributed by atoms with Crippen LogP contribution in [-0.2, 0) is 14.8 Å². The van der Waals surface area contributed by atoms with Crippen molar-refractivity contribution in [1.82, 2.24) is 5.32 Å². The van der Waals surface area contributed by atoms with Gasteiger partial charge in [0.15, 0.2) is 0 Å². The van der Waals surface area contributed by atoms with Crippen molar-refractivity contribution >= 4 is 21.6 Å². The van der Waals surface area contributed by atoms with E-state index in [1.807, 2.05) is 0 Å². The zero-order chi connectivity index (χ0) is 21.4. The lowest BCUT2D eigenvalue weighted by molar-refractivity contribution is -0.120. The molecule has 0 spiro atoms. The van der Waals surface area contributed by atoms with Crippen LogP contribution in [-0.4, -0.2) is 54.0 Å². The molecule has 1 N–H and O–H groups in total. The van der Waals surface area contributed by atoms with E-state index in [2.05, 4.69) is 5.32 Å². The fraction of sp³-hybridized carbons (Fsp3) is 0.350. The SMILES string of the molecule is COc1ccc(OC[C@H](C)NC(=O)CN(c2ccc(OC)cc2)S(C)(=O)=O)cc1. The first kappa shape index (κ1) is 22.4. The second-order valence-corrected chi connectivity index (χ2v) is 8.33. The number of amides is 1. The quantitative estimate of drug-likeness (QED) is 0.630. The Morgan fingerprint density at radius 1 is 0.966 bits per heavy atom. The summed E-state index contributed by atoms with van der Waals surface area (Å²) in [6, 6.07) is 13.2. The van der Waals surface area contributed by atoms with Crippen LogP contribution in [0.3, 0.4) is 0 Å². The number of nitrogens with one attached hydrogen (secondary N) is 1. The van der Waals surface area contributed by atoms with E-state index in [-0.39, 0.29) is 19.2 Å². The Labute approximate surface area is 171 Å². The van der Waals surface area contributed by atoms with Crippen LogP contribution in [0.25, 0.3) is 0 Å². The molecule has 0 unspecified atom stereocenters. The molecule has 2 rings (SSSR count). The van der Waals surface area contributed by atoms with E-state index in [0.29, 0.717) is 17.2 Å². The molecule has 9 heteroatoms. The maximum Gasteiger partial charge on any atom is 0.241 e. The highest BCUT2D eigenvalue weighted by molar-refractivity contribution is 7.92. The number of hydrogen-bond donors (Lipinski definition) is 1. The maximum atomic E-state index is 12.4. The number of hydrogen-bond acceptors (Lipinski definition) is 6. The van der Waals surface area contributed by atoms with E-state index >= 15 is 0 Å². The average Bonchev–Trinajstić information content (AvgIpc) is 2.70. The van der Waals surface area contributed by atoms with E-state index in [0.717, 1.165) is 16.3 Å². The second kappa shape index (κ2) is 10.0. The third-order valence-corrected chi connectivity index (χ3v) is 5.16. The molecule has 8 nitrogen and oxygen atoms in total. The van der Waals surface area contributed by atoms with Crippen LogP contribution >= 0.6 is 0 Å². The minimum Gasteiger partial charge on any atom is -0.497 e. The summed E-state index contributed by atoms with van der Waals surface area (Å²) < 4.78 is 41.1. The minimum atomic E-state index is -3.64. The van der Waals surface area contributed by atoms with Crippen LogP contribution in [0.4, 0.5) is 5.69 Å². The fourth-order valence-electron chi connectivity index (χ4n) is 2.53. The predicted molar refractivity (Wildman–Crippen MR) is 111 cm³/mol. The number of nitrogens with zero attached hydrogens (tertiary/aromatic N) is 1. The van der Waals surface area contributed by atoms with Crippen molar-refractivity contribution in [2.45, 2.75) is 13.0 Å². The molecule has 29 heavy (non-hydrogen) atoms. The monoisotopic (exact) mass is 422 g/mol. The van der Waals surface area contributed by atoms with Gasteiger partial charge in [0.25, 0.3) is 0 Å². The van der Waals surface area contributed by atoms with Crippen LogP contribution in [0.5, 0.6) is 17.2 Å². The van der Waals surface area contributed by atoms with Crippen LogP contribution in [0.2, 0.25) is 0 Å². The number of anilines is 1. The molecular weight excluding hydrogens is 396 g/mol. The van der Waals surface area contributed by atoms with Crippen LogP contribution in [0, 0.1) is 0 Å². The Balaban J connectivity index is 1.94. The van der Waals surface area contributed by atoms with Crippen molar-refractivity contribution < 1.29 is 27.4 Å². The summed E-state index contributed by atoms with van der Waals surface area (Å²) in [4.78, 5) is 12.4. The van der Waals surface area contributed by atoms with Crippen molar-refractivity contribution in [3.8, 4) is 17.2 Å². The van der Waals surface area contributed by atoms with Gasteiger partial charge in [-0.2, -0.15) is 0 Å². The van der Waals surface area contributed by atoms with Crippen molar-refractivity contribution in [1.29, 1.82) is 0 Å². The molecule has 0 saturated carbocycles. The fourth-order valence-corrected chi connectivity index (χ4v) is 3.39. The first-order chi connectivity index (χ1) is 13.7. The third kappa shape index (κ3) is 6.86. The van der Waals surface area contributed by atoms with Gasteiger partial charge in [0.1, 0.15) is 30.4 Å². The largest absolute Gasteiger partial charge is 0.497 e. The molecule has 2 aromatic carbocycles. The van der Waals surface area contributed by atoms with Crippen molar-refractivity contribution in [2.24, 2.45) is 0 Å². The molecular formula is C20H26N2O6S. The van der Waals surface area contributed by atoms with Crippen LogP contribution in [0.1, 0.15) is 6.92 Å². The molecule has 0 saturated heterocycles. The van der Waals surface area contributed by atoms with Crippen molar-refractivity contribution in [3.63, 3.8) is 0 Å². The predicted octanol–water partition coefficient (Wildman–Crippen LogP) is 2.05. The Kier molecular flexibility index (Phi) is 7.72. The van der Waals surface area contributed by atoms with Gasteiger partial charge in [0.2, 0.25) is 15.9 Å². The third-order valence-electron chi connectivity index (χ3n) is 4.01. The summed E-state index contributed by atoms with van der Waals surface area (Å²) in [6.07, 6.45) is 1.06. The molecule has 2 aromatic rings. The normalized spacial score (nSPS) is 12.0. The summed E-state index contributed by atoms with van der Waals surface area (Å²) in [6.45, 7) is 1.68. The van der Waals surface area contributed by atoms with Crippen molar-refractivity contribution in [3.05, 3.63) is 48.5 Å². The van der Waals surface area contributed by atoms with Gasteiger partial charge in [0.05, 0.1) is 32.2 Å². The Hall–Kier alpha value is -2.94. The highest BCUT2D eigenvalue weighted by Crippen LogP contribution is 2.21. The standard InChI is InChI=1S/C20H26N2O6S/c1-15(14-28-19-11-9-18(27-3)10-12-19)21-20(23)13-22(29(4,24)25)16-5-7-17(26-2)8-6-16/h5-12,15H,13-14H2,1-4H3,(H,21,23)/t15-/m0/s1. The van der Waals surface area contributed by atoms with E-state index < -0.39 is 15.9 Å². The molecule has 0 aliphatic heterocycles. The number of ether oxygens (including phenoxy) is 3. The van der Waals surface area contributed by atoms with Gasteiger partial charge in [-0.1, -0.05) is 0 Å². The number of carbonyl (C=O) groups is 1. The molecule has 0 fully saturated rings. The van der Waals surface area contributed by atoms with Gasteiger partial charge in [-0.05, 0) is 55.5 Å². The number of sulfonamides is 1. The Bertz CT molecular complexity index is 898. The van der Waals surface area contributed by atoms with E-state index in [9.17, 15) is 13.2 Å². The molecule has 0 aliphatic carbocycles. The topological polar surface area (TPSA) is 94.2 Å². The first-order valence-corrected chi connectivity index (χ1v) is 10.8.